The van der Waals surface area contributed by atoms with Crippen LogP contribution in [-0.4, -0.2) is 15.1 Å². The largest absolute Gasteiger partial charge is 0.389 e. The second-order valence-corrected chi connectivity index (χ2v) is 4.65. The van der Waals surface area contributed by atoms with Gasteiger partial charge in [-0.2, -0.15) is 0 Å². The number of H-pyrrole nitrogens is 1. The van der Waals surface area contributed by atoms with Crippen molar-refractivity contribution in [1.29, 1.82) is 0 Å². The summed E-state index contributed by atoms with van der Waals surface area (Å²) in [4.78, 5) is 7.31. The van der Waals surface area contributed by atoms with E-state index in [1.807, 2.05) is 42.6 Å². The molecule has 98 valence electrons. The number of nitrogens with one attached hydrogen (secondary N) is 1. The number of aromatic amines is 1. The van der Waals surface area contributed by atoms with Crippen molar-refractivity contribution in [2.45, 2.75) is 13.0 Å². The minimum Gasteiger partial charge on any atom is -0.389 e. The number of rotatable bonds is 1. The summed E-state index contributed by atoms with van der Waals surface area (Å²) in [5, 5.41) is 10.5. The predicted molar refractivity (Wildman–Crippen MR) is 79.1 cm³/mol. The molecule has 2 heterocycles. The molecule has 2 aromatic heterocycles. The van der Waals surface area contributed by atoms with Crippen molar-refractivity contribution in [3.63, 3.8) is 0 Å². The van der Waals surface area contributed by atoms with E-state index >= 15 is 0 Å². The van der Waals surface area contributed by atoms with Crippen molar-refractivity contribution in [2.75, 3.05) is 0 Å². The lowest BCUT2D eigenvalue weighted by Crippen LogP contribution is -1.89. The van der Waals surface area contributed by atoms with E-state index in [2.05, 4.69) is 21.8 Å². The Morgan fingerprint density at radius 3 is 2.65 bits per heavy atom. The maximum Gasteiger partial charge on any atom is 0.138 e. The zero-order valence-electron chi connectivity index (χ0n) is 11.1. The molecule has 1 aromatic carbocycles. The van der Waals surface area contributed by atoms with Crippen molar-refractivity contribution >= 4 is 11.0 Å². The van der Waals surface area contributed by atoms with E-state index in [0.29, 0.717) is 0 Å². The quantitative estimate of drug-likeness (QED) is 0.662. The van der Waals surface area contributed by atoms with E-state index in [9.17, 15) is 5.11 Å². The van der Waals surface area contributed by atoms with Crippen LogP contribution in [0.2, 0.25) is 0 Å². The first-order valence-electron chi connectivity index (χ1n) is 6.46. The summed E-state index contributed by atoms with van der Waals surface area (Å²) in [6.45, 7) is 1.75. The highest BCUT2D eigenvalue weighted by Gasteiger charge is 2.00. The van der Waals surface area contributed by atoms with Gasteiger partial charge in [-0.15, -0.1) is 0 Å². The number of fused-ring (bicyclic) bond motifs is 1. The van der Waals surface area contributed by atoms with Gasteiger partial charge in [0.1, 0.15) is 5.65 Å². The third-order valence-corrected chi connectivity index (χ3v) is 3.19. The van der Waals surface area contributed by atoms with Crippen molar-refractivity contribution in [3.8, 4) is 11.8 Å². The van der Waals surface area contributed by atoms with Crippen LogP contribution >= 0.6 is 0 Å². The normalized spacial score (nSPS) is 11.9. The summed E-state index contributed by atoms with van der Waals surface area (Å²) < 4.78 is 0. The highest BCUT2D eigenvalue weighted by Crippen LogP contribution is 2.15. The Kier molecular flexibility index (Phi) is 3.24. The maximum atomic E-state index is 9.47. The molecule has 3 nitrogen and oxygen atoms in total. The first kappa shape index (κ1) is 12.5. The molecule has 0 saturated heterocycles. The number of hydrogen-bond donors (Lipinski definition) is 2. The molecule has 0 aliphatic carbocycles. The number of aliphatic hydroxyl groups is 1. The summed E-state index contributed by atoms with van der Waals surface area (Å²) in [6.07, 6.45) is 3.16. The van der Waals surface area contributed by atoms with Crippen LogP contribution in [0.15, 0.2) is 48.8 Å². The van der Waals surface area contributed by atoms with Crippen LogP contribution < -0.4 is 0 Å². The van der Waals surface area contributed by atoms with E-state index in [-0.39, 0.29) is 0 Å². The van der Waals surface area contributed by atoms with Gasteiger partial charge in [0.05, 0.1) is 6.10 Å². The monoisotopic (exact) mass is 262 g/mol. The molecule has 0 saturated carbocycles. The molecule has 20 heavy (non-hydrogen) atoms. The Labute approximate surface area is 117 Å². The summed E-state index contributed by atoms with van der Waals surface area (Å²) in [5.41, 5.74) is 3.62. The molecule has 0 aliphatic heterocycles. The van der Waals surface area contributed by atoms with Crippen LogP contribution in [0.4, 0.5) is 0 Å². The minimum absolute atomic E-state index is 0.448. The lowest BCUT2D eigenvalue weighted by molar-refractivity contribution is 0.199. The van der Waals surface area contributed by atoms with Gasteiger partial charge >= 0.3 is 0 Å². The fraction of sp³-hybridized carbons (Fsp3) is 0.118. The molecule has 0 radical (unpaired) electrons. The Bertz CT molecular complexity index is 789. The summed E-state index contributed by atoms with van der Waals surface area (Å²) >= 11 is 0. The van der Waals surface area contributed by atoms with Gasteiger partial charge in [-0.05, 0) is 36.8 Å². The molecule has 0 amide bonds. The van der Waals surface area contributed by atoms with Crippen molar-refractivity contribution < 1.29 is 5.11 Å². The molecule has 0 fully saturated rings. The number of pyridine rings is 1. The maximum absolute atomic E-state index is 9.47. The standard InChI is InChI=1S/C17H14N2O/c1-12(20)14-5-2-13(3-6-14)4-7-15-8-10-18-17-16(15)9-11-19-17/h2-3,5-6,8-12,20H,1H3,(H,18,19). The molecule has 1 unspecified atom stereocenters. The molecule has 2 N–H and O–H groups in total. The molecule has 0 spiro atoms. The van der Waals surface area contributed by atoms with Gasteiger partial charge in [0, 0.05) is 28.9 Å². The molecule has 3 rings (SSSR count). The minimum atomic E-state index is -0.448. The highest BCUT2D eigenvalue weighted by atomic mass is 16.3. The zero-order valence-corrected chi connectivity index (χ0v) is 11.1. The van der Waals surface area contributed by atoms with Gasteiger partial charge in [0.15, 0.2) is 0 Å². The van der Waals surface area contributed by atoms with Crippen molar-refractivity contribution in [1.82, 2.24) is 9.97 Å². The van der Waals surface area contributed by atoms with Gasteiger partial charge in [-0.1, -0.05) is 24.0 Å². The smallest absolute Gasteiger partial charge is 0.138 e. The van der Waals surface area contributed by atoms with E-state index < -0.39 is 6.10 Å². The number of benzene rings is 1. The Hall–Kier alpha value is -2.57. The van der Waals surface area contributed by atoms with Crippen LogP contribution in [0.1, 0.15) is 29.7 Å². The first-order valence-corrected chi connectivity index (χ1v) is 6.46. The molecule has 3 heteroatoms. The van der Waals surface area contributed by atoms with E-state index in [1.54, 1.807) is 13.1 Å². The van der Waals surface area contributed by atoms with Crippen LogP contribution in [-0.2, 0) is 0 Å². The topological polar surface area (TPSA) is 48.9 Å². The predicted octanol–water partition coefficient (Wildman–Crippen LogP) is 3.02. The molecule has 0 bridgehead atoms. The van der Waals surface area contributed by atoms with Gasteiger partial charge in [0.25, 0.3) is 0 Å². The lowest BCUT2D eigenvalue weighted by Gasteiger charge is -2.03. The number of aliphatic hydroxyl groups excluding tert-OH is 1. The number of nitrogens with zero attached hydrogens (tertiary/aromatic N) is 1. The number of hydrogen-bond acceptors (Lipinski definition) is 2. The second kappa shape index (κ2) is 5.20. The molecule has 0 aliphatic rings. The van der Waals surface area contributed by atoms with Crippen LogP contribution in [0.3, 0.4) is 0 Å². The summed E-state index contributed by atoms with van der Waals surface area (Å²) in [5.74, 6) is 6.30. The Balaban J connectivity index is 1.93. The van der Waals surface area contributed by atoms with Crippen LogP contribution in [0.5, 0.6) is 0 Å². The molecule has 1 atom stereocenters. The summed E-state index contributed by atoms with van der Waals surface area (Å²) in [6, 6.07) is 11.5. The Morgan fingerprint density at radius 2 is 1.90 bits per heavy atom. The van der Waals surface area contributed by atoms with E-state index in [1.165, 1.54) is 0 Å². The van der Waals surface area contributed by atoms with Crippen molar-refractivity contribution in [3.05, 3.63) is 65.5 Å². The van der Waals surface area contributed by atoms with Gasteiger partial charge < -0.3 is 10.1 Å². The summed E-state index contributed by atoms with van der Waals surface area (Å²) in [7, 11) is 0. The first-order chi connectivity index (χ1) is 9.74. The Morgan fingerprint density at radius 1 is 1.10 bits per heavy atom. The fourth-order valence-corrected chi connectivity index (χ4v) is 2.05. The van der Waals surface area contributed by atoms with Gasteiger partial charge in [-0.3, -0.25) is 0 Å². The van der Waals surface area contributed by atoms with Crippen LogP contribution in [0.25, 0.3) is 11.0 Å². The second-order valence-electron chi connectivity index (χ2n) is 4.65. The van der Waals surface area contributed by atoms with Crippen molar-refractivity contribution in [2.24, 2.45) is 0 Å². The average Bonchev–Trinajstić information content (AvgIpc) is 2.94. The van der Waals surface area contributed by atoms with E-state index in [4.69, 9.17) is 0 Å². The SMILES string of the molecule is CC(O)c1ccc(C#Cc2ccnc3[nH]ccc23)cc1. The zero-order chi connectivity index (χ0) is 13.9. The lowest BCUT2D eigenvalue weighted by atomic mass is 10.1. The fourth-order valence-electron chi connectivity index (χ4n) is 2.05. The molecule has 3 aromatic rings. The highest BCUT2D eigenvalue weighted by molar-refractivity contribution is 5.82. The molecular weight excluding hydrogens is 248 g/mol. The number of aromatic nitrogens is 2. The van der Waals surface area contributed by atoms with Gasteiger partial charge in [0.2, 0.25) is 0 Å². The van der Waals surface area contributed by atoms with Crippen LogP contribution in [0, 0.1) is 11.8 Å². The third kappa shape index (κ3) is 2.42. The van der Waals surface area contributed by atoms with Gasteiger partial charge in [-0.25, -0.2) is 4.98 Å². The van der Waals surface area contributed by atoms with E-state index in [0.717, 1.165) is 27.7 Å². The molecular formula is C17H14N2O. The average molecular weight is 262 g/mol. The third-order valence-electron chi connectivity index (χ3n) is 3.19.